The first kappa shape index (κ1) is 27.7. The van der Waals surface area contributed by atoms with Gasteiger partial charge in [0.15, 0.2) is 5.78 Å². The average Bonchev–Trinajstić information content (AvgIpc) is 2.77. The van der Waals surface area contributed by atoms with Crippen molar-refractivity contribution in [1.82, 2.24) is 4.90 Å². The molecule has 2 N–H and O–H groups in total. The lowest BCUT2D eigenvalue weighted by molar-refractivity contribution is -0.141. The van der Waals surface area contributed by atoms with Crippen molar-refractivity contribution in [2.24, 2.45) is 17.6 Å². The summed E-state index contributed by atoms with van der Waals surface area (Å²) in [4.78, 5) is 38.2. The fourth-order valence-electron chi connectivity index (χ4n) is 3.53. The monoisotopic (exact) mass is 494 g/mol. The highest BCUT2D eigenvalue weighted by Crippen LogP contribution is 2.28. The van der Waals surface area contributed by atoms with Gasteiger partial charge in [0.2, 0.25) is 5.91 Å². The van der Waals surface area contributed by atoms with Crippen LogP contribution in [-0.2, 0) is 25.7 Å². The fraction of sp³-hybridized carbons (Fsp3) is 0.640. The number of rotatable bonds is 17. The van der Waals surface area contributed by atoms with Crippen molar-refractivity contribution in [3.05, 3.63) is 35.9 Å². The van der Waals surface area contributed by atoms with Crippen LogP contribution in [0.3, 0.4) is 0 Å². The molecule has 0 aliphatic heterocycles. The molecule has 1 amide bonds. The molecule has 1 saturated carbocycles. The summed E-state index contributed by atoms with van der Waals surface area (Å²) in [6, 6.07) is 9.68. The number of ether oxygens (including phenoxy) is 1. The average molecular weight is 495 g/mol. The molecular formula is C25H38N2O4S2. The Kier molecular flexibility index (Phi) is 13.6. The number of nitrogens with two attached hydrogens (primary N) is 1. The van der Waals surface area contributed by atoms with Gasteiger partial charge in [-0.2, -0.15) is 0 Å². The number of carbonyl (C=O) groups excluding carboxylic acids is 3. The van der Waals surface area contributed by atoms with E-state index in [1.54, 1.807) is 15.7 Å². The third-order valence-corrected chi connectivity index (χ3v) is 8.34. The van der Waals surface area contributed by atoms with Crippen LogP contribution < -0.4 is 5.73 Å². The zero-order valence-corrected chi connectivity index (χ0v) is 21.3. The molecule has 2 rings (SSSR count). The normalized spacial score (nSPS) is 14.4. The summed E-state index contributed by atoms with van der Waals surface area (Å²) in [6.45, 7) is 3.71. The highest BCUT2D eigenvalue weighted by Gasteiger charge is 2.27. The molecule has 0 saturated heterocycles. The Balaban J connectivity index is 1.54. The lowest BCUT2D eigenvalue weighted by Crippen LogP contribution is -2.40. The number of unbranched alkanes of at least 4 members (excludes halogenated alkanes) is 1. The molecule has 1 aliphatic carbocycles. The van der Waals surface area contributed by atoms with Gasteiger partial charge in [0.1, 0.15) is 12.4 Å². The Labute approximate surface area is 206 Å². The smallest absolute Gasteiger partial charge is 0.317 e. The van der Waals surface area contributed by atoms with Crippen LogP contribution >= 0.6 is 21.6 Å². The molecule has 1 aliphatic rings. The summed E-state index contributed by atoms with van der Waals surface area (Å²) in [7, 11) is 3.24. The first-order valence-electron chi connectivity index (χ1n) is 11.9. The maximum atomic E-state index is 12.3. The molecule has 33 heavy (non-hydrogen) atoms. The van der Waals surface area contributed by atoms with E-state index in [9.17, 15) is 14.4 Å². The minimum Gasteiger partial charge on any atom is -0.460 e. The zero-order valence-electron chi connectivity index (χ0n) is 19.7. The summed E-state index contributed by atoms with van der Waals surface area (Å²) in [5, 5.41) is 0. The molecule has 0 bridgehead atoms. The summed E-state index contributed by atoms with van der Waals surface area (Å²) >= 11 is 0. The van der Waals surface area contributed by atoms with E-state index in [0.717, 1.165) is 49.8 Å². The Morgan fingerprint density at radius 1 is 1.15 bits per heavy atom. The van der Waals surface area contributed by atoms with Crippen molar-refractivity contribution >= 4 is 39.2 Å². The molecule has 0 spiro atoms. The standard InChI is InChI=1S/C25H38N2O4S2/c1-20(18-32-33-19-25(30)31-17-21-9-3-2-4-10-21)8-5-6-15-27(24(29)13-14-26)16-23(28)22-11-7-12-22/h2-4,9-10,20,22H,5-8,11-19,26H2,1H3. The minimum absolute atomic E-state index is 0.00988. The lowest BCUT2D eigenvalue weighted by atomic mass is 9.82. The number of esters is 1. The first-order chi connectivity index (χ1) is 16.0. The molecule has 1 unspecified atom stereocenters. The first-order valence-corrected chi connectivity index (χ1v) is 14.4. The van der Waals surface area contributed by atoms with Crippen molar-refractivity contribution in [1.29, 1.82) is 0 Å². The Morgan fingerprint density at radius 3 is 2.58 bits per heavy atom. The maximum absolute atomic E-state index is 12.3. The number of hydrogen-bond acceptors (Lipinski definition) is 7. The van der Waals surface area contributed by atoms with Gasteiger partial charge in [0.25, 0.3) is 0 Å². The topological polar surface area (TPSA) is 89.7 Å². The molecular weight excluding hydrogens is 456 g/mol. The largest absolute Gasteiger partial charge is 0.460 e. The van der Waals surface area contributed by atoms with Gasteiger partial charge in [0.05, 0.1) is 6.54 Å². The summed E-state index contributed by atoms with van der Waals surface area (Å²) < 4.78 is 5.29. The van der Waals surface area contributed by atoms with Gasteiger partial charge < -0.3 is 15.4 Å². The van der Waals surface area contributed by atoms with E-state index in [4.69, 9.17) is 10.5 Å². The lowest BCUT2D eigenvalue weighted by Gasteiger charge is -2.28. The van der Waals surface area contributed by atoms with Crippen molar-refractivity contribution in [3.8, 4) is 0 Å². The molecule has 1 aromatic carbocycles. The summed E-state index contributed by atoms with van der Waals surface area (Å²) in [5.74, 6) is 1.99. The van der Waals surface area contributed by atoms with Gasteiger partial charge in [-0.05, 0) is 37.2 Å². The fourth-order valence-corrected chi connectivity index (χ4v) is 5.82. The quantitative estimate of drug-likeness (QED) is 0.194. The summed E-state index contributed by atoms with van der Waals surface area (Å²) in [5.41, 5.74) is 6.54. The molecule has 0 aromatic heterocycles. The molecule has 6 nitrogen and oxygen atoms in total. The zero-order chi connectivity index (χ0) is 23.9. The van der Waals surface area contributed by atoms with Crippen LogP contribution in [0.15, 0.2) is 30.3 Å². The van der Waals surface area contributed by atoms with Gasteiger partial charge in [-0.25, -0.2) is 0 Å². The second kappa shape index (κ2) is 16.2. The van der Waals surface area contributed by atoms with E-state index in [1.807, 2.05) is 30.3 Å². The highest BCUT2D eigenvalue weighted by molar-refractivity contribution is 8.76. The van der Waals surface area contributed by atoms with Crippen LogP contribution in [0, 0.1) is 11.8 Å². The number of nitrogens with zero attached hydrogens (tertiary/aromatic N) is 1. The summed E-state index contributed by atoms with van der Waals surface area (Å²) in [6.07, 6.45) is 6.32. The third-order valence-electron chi connectivity index (χ3n) is 5.85. The van der Waals surface area contributed by atoms with Crippen molar-refractivity contribution in [2.75, 3.05) is 31.1 Å². The number of amides is 1. The predicted molar refractivity (Wildman–Crippen MR) is 137 cm³/mol. The second-order valence-corrected chi connectivity index (χ2v) is 11.2. The maximum Gasteiger partial charge on any atom is 0.317 e. The van der Waals surface area contributed by atoms with E-state index >= 15 is 0 Å². The Morgan fingerprint density at radius 2 is 1.91 bits per heavy atom. The van der Waals surface area contributed by atoms with Gasteiger partial charge in [-0.15, -0.1) is 0 Å². The van der Waals surface area contributed by atoms with E-state index < -0.39 is 0 Å². The number of hydrogen-bond donors (Lipinski definition) is 1. The van der Waals surface area contributed by atoms with Gasteiger partial charge >= 0.3 is 5.97 Å². The van der Waals surface area contributed by atoms with Crippen molar-refractivity contribution in [2.45, 2.75) is 58.5 Å². The van der Waals surface area contributed by atoms with Crippen molar-refractivity contribution in [3.63, 3.8) is 0 Å². The second-order valence-electron chi connectivity index (χ2n) is 8.74. The van der Waals surface area contributed by atoms with Crippen LogP contribution in [0.1, 0.15) is 57.4 Å². The van der Waals surface area contributed by atoms with Crippen LogP contribution in [0.4, 0.5) is 0 Å². The number of carbonyl (C=O) groups is 3. The Hall–Kier alpha value is -1.51. The molecule has 184 valence electrons. The van der Waals surface area contributed by atoms with E-state index in [2.05, 4.69) is 6.92 Å². The number of benzene rings is 1. The molecule has 1 atom stereocenters. The van der Waals surface area contributed by atoms with Crippen LogP contribution in [0.5, 0.6) is 0 Å². The van der Waals surface area contributed by atoms with Crippen LogP contribution in [-0.4, -0.2) is 53.7 Å². The third kappa shape index (κ3) is 11.5. The minimum atomic E-state index is -0.192. The Bertz CT molecular complexity index is 728. The predicted octanol–water partition coefficient (Wildman–Crippen LogP) is 4.46. The van der Waals surface area contributed by atoms with E-state index in [1.165, 1.54) is 10.8 Å². The van der Waals surface area contributed by atoms with Gasteiger partial charge in [0, 0.05) is 31.2 Å². The van der Waals surface area contributed by atoms with E-state index in [-0.39, 0.29) is 30.1 Å². The molecule has 0 radical (unpaired) electrons. The van der Waals surface area contributed by atoms with Gasteiger partial charge in [-0.1, -0.05) is 71.7 Å². The van der Waals surface area contributed by atoms with Crippen LogP contribution in [0.2, 0.25) is 0 Å². The number of Topliss-reactive ketones (excluding diaryl/α,β-unsaturated/α-hetero) is 1. The van der Waals surface area contributed by atoms with Crippen molar-refractivity contribution < 1.29 is 19.1 Å². The van der Waals surface area contributed by atoms with Crippen LogP contribution in [0.25, 0.3) is 0 Å². The number of ketones is 1. The van der Waals surface area contributed by atoms with E-state index in [0.29, 0.717) is 37.8 Å². The highest BCUT2D eigenvalue weighted by atomic mass is 33.1. The molecule has 0 heterocycles. The molecule has 1 aromatic rings. The molecule has 1 fully saturated rings. The van der Waals surface area contributed by atoms with Gasteiger partial charge in [-0.3, -0.25) is 14.4 Å². The molecule has 8 heteroatoms. The SMILES string of the molecule is CC(CCCCN(CC(=O)C1CCC1)C(=O)CCN)CSSCC(=O)OCc1ccccc1.